The molecule has 0 amide bonds. The van der Waals surface area contributed by atoms with Crippen LogP contribution in [0.25, 0.3) is 10.8 Å². The van der Waals surface area contributed by atoms with E-state index >= 15 is 0 Å². The SMILES string of the molecule is [2H]c1c([2H])c([2H])c2c(OC([2H])([2H])C(O)CNC(C)C([2H])([2H])[2H])c([2H])c([2H])c([2H])c2c1[2H]. The highest BCUT2D eigenvalue weighted by Gasteiger charge is 2.07. The highest BCUT2D eigenvalue weighted by atomic mass is 16.5. The van der Waals surface area contributed by atoms with Crippen LogP contribution in [-0.2, 0) is 0 Å². The summed E-state index contributed by atoms with van der Waals surface area (Å²) in [6.07, 6.45) is -1.94. The maximum Gasteiger partial charge on any atom is 0.127 e. The second kappa shape index (κ2) is 6.55. The normalized spacial score (nSPS) is 24.7. The third-order valence-electron chi connectivity index (χ3n) is 2.19. The van der Waals surface area contributed by atoms with Crippen LogP contribution in [0.5, 0.6) is 5.75 Å². The van der Waals surface area contributed by atoms with Gasteiger partial charge in [0.1, 0.15) is 18.4 Å². The van der Waals surface area contributed by atoms with E-state index in [1.807, 2.05) is 0 Å². The van der Waals surface area contributed by atoms with Gasteiger partial charge in [-0.3, -0.25) is 0 Å². The maximum atomic E-state index is 10.2. The molecular weight excluding hydrogens is 238 g/mol. The third-order valence-corrected chi connectivity index (χ3v) is 2.19. The van der Waals surface area contributed by atoms with Crippen molar-refractivity contribution < 1.29 is 26.3 Å². The molecule has 2 unspecified atom stereocenters. The van der Waals surface area contributed by atoms with Crippen LogP contribution in [0.4, 0.5) is 0 Å². The fraction of sp³-hybridized carbons (Fsp3) is 0.375. The summed E-state index contributed by atoms with van der Waals surface area (Å²) in [5.74, 6) is -0.726. The fourth-order valence-corrected chi connectivity index (χ4v) is 1.32. The van der Waals surface area contributed by atoms with Crippen molar-refractivity contribution in [2.45, 2.75) is 25.9 Å². The van der Waals surface area contributed by atoms with Gasteiger partial charge in [-0.15, -0.1) is 0 Å². The van der Waals surface area contributed by atoms with E-state index in [0.717, 1.165) is 0 Å². The van der Waals surface area contributed by atoms with Crippen molar-refractivity contribution in [2.75, 3.05) is 13.1 Å². The van der Waals surface area contributed by atoms with Crippen LogP contribution in [0.2, 0.25) is 0 Å². The number of hydrogen-bond acceptors (Lipinski definition) is 3. The Kier molecular flexibility index (Phi) is 1.75. The van der Waals surface area contributed by atoms with Gasteiger partial charge in [0.2, 0.25) is 0 Å². The van der Waals surface area contributed by atoms with Crippen LogP contribution >= 0.6 is 0 Å². The molecule has 0 heterocycles. The Labute approximate surface area is 131 Å². The average molecular weight is 271 g/mol. The summed E-state index contributed by atoms with van der Waals surface area (Å²) in [6.45, 7) is -4.55. The van der Waals surface area contributed by atoms with Crippen molar-refractivity contribution in [3.63, 3.8) is 0 Å². The number of rotatable bonds is 6. The summed E-state index contributed by atoms with van der Waals surface area (Å²) in [6, 6.07) is -5.95. The lowest BCUT2D eigenvalue weighted by Crippen LogP contribution is -2.35. The van der Waals surface area contributed by atoms with Crippen LogP contribution < -0.4 is 10.1 Å². The average Bonchev–Trinajstić information content (AvgIpc) is 2.67. The van der Waals surface area contributed by atoms with Gasteiger partial charge in [-0.1, -0.05) is 50.0 Å². The van der Waals surface area contributed by atoms with E-state index in [-0.39, 0.29) is 0 Å². The molecule has 2 N–H and O–H groups in total. The van der Waals surface area contributed by atoms with Gasteiger partial charge in [0.25, 0.3) is 0 Å². The van der Waals surface area contributed by atoms with Crippen molar-refractivity contribution in [1.82, 2.24) is 5.32 Å². The minimum absolute atomic E-state index is 0.415. The smallest absolute Gasteiger partial charge is 0.127 e. The molecule has 0 fully saturated rings. The lowest BCUT2D eigenvalue weighted by Gasteiger charge is -2.15. The first-order valence-electron chi connectivity index (χ1n) is 11.6. The third kappa shape index (κ3) is 3.94. The standard InChI is InChI=1S/C16H21NO2/c1-12(2)17-10-14(18)11-19-16-9-5-7-13-6-3-4-8-15(13)16/h3-9,12,14,17-18H,10-11H2,1-2H3/i1D3,3D,4D,5D,6D,7D,8D,9D,11D2. The number of hydrogen-bond donors (Lipinski definition) is 2. The zero-order valence-electron chi connectivity index (χ0n) is 22.2. The molecule has 0 saturated carbocycles. The second-order valence-corrected chi connectivity index (χ2v) is 3.82. The van der Waals surface area contributed by atoms with Crippen LogP contribution in [0.3, 0.4) is 0 Å². The molecule has 102 valence electrons. The van der Waals surface area contributed by atoms with Gasteiger partial charge in [0.05, 0.1) is 12.3 Å². The summed E-state index contributed by atoms with van der Waals surface area (Å²) in [7, 11) is 0. The maximum absolute atomic E-state index is 10.2. The molecule has 0 aromatic heterocycles. The molecule has 2 aromatic rings. The first kappa shape index (κ1) is 5.08. The van der Waals surface area contributed by atoms with Crippen LogP contribution in [0, 0.1) is 0 Å². The highest BCUT2D eigenvalue weighted by Crippen LogP contribution is 2.25. The van der Waals surface area contributed by atoms with Crippen molar-refractivity contribution in [2.24, 2.45) is 0 Å². The molecule has 3 nitrogen and oxygen atoms in total. The number of aliphatic hydroxyl groups is 1. The molecular formula is C16H21NO2. The van der Waals surface area contributed by atoms with Gasteiger partial charge in [-0.2, -0.15) is 0 Å². The fourth-order valence-electron chi connectivity index (χ4n) is 1.32. The molecule has 0 spiro atoms. The first-order chi connectivity index (χ1) is 14.0. The Morgan fingerprint density at radius 2 is 2.16 bits per heavy atom. The number of nitrogens with one attached hydrogen (secondary N) is 1. The minimum Gasteiger partial charge on any atom is -0.490 e. The Morgan fingerprint density at radius 1 is 1.37 bits per heavy atom. The van der Waals surface area contributed by atoms with E-state index in [9.17, 15) is 5.11 Å². The molecule has 0 bridgehead atoms. The van der Waals surface area contributed by atoms with E-state index in [0.29, 0.717) is 0 Å². The van der Waals surface area contributed by atoms with Gasteiger partial charge in [-0.05, 0) is 11.4 Å². The summed E-state index contributed by atoms with van der Waals surface area (Å²) < 4.78 is 98.7. The number of aliphatic hydroxyl groups excluding tert-OH is 1. The van der Waals surface area contributed by atoms with Crippen LogP contribution in [-0.4, -0.2) is 30.4 Å². The predicted octanol–water partition coefficient (Wildman–Crippen LogP) is 2.58. The lowest BCUT2D eigenvalue weighted by molar-refractivity contribution is 0.105. The van der Waals surface area contributed by atoms with Crippen molar-refractivity contribution in [3.8, 4) is 5.75 Å². The summed E-state index contributed by atoms with van der Waals surface area (Å²) >= 11 is 0. The summed E-state index contributed by atoms with van der Waals surface area (Å²) in [4.78, 5) is 0. The summed E-state index contributed by atoms with van der Waals surface area (Å²) in [5.41, 5.74) is 0. The van der Waals surface area contributed by atoms with Crippen molar-refractivity contribution in [3.05, 3.63) is 42.3 Å². The van der Waals surface area contributed by atoms with Gasteiger partial charge in [0, 0.05) is 22.1 Å². The number of benzene rings is 2. The minimum atomic E-state index is -2.93. The number of fused-ring (bicyclic) bond motifs is 1. The van der Waals surface area contributed by atoms with Gasteiger partial charge in [0.15, 0.2) is 0 Å². The molecule has 2 aromatic carbocycles. The molecule has 2 rings (SSSR count). The van der Waals surface area contributed by atoms with Crippen LogP contribution in [0.15, 0.2) is 42.3 Å². The Bertz CT molecular complexity index is 999. The Hall–Kier alpha value is -1.58. The first-order valence-corrected chi connectivity index (χ1v) is 5.62. The van der Waals surface area contributed by atoms with Crippen molar-refractivity contribution in [1.29, 1.82) is 0 Å². The monoisotopic (exact) mass is 271 g/mol. The van der Waals surface area contributed by atoms with Gasteiger partial charge >= 0.3 is 0 Å². The topological polar surface area (TPSA) is 41.5 Å². The molecule has 0 aliphatic carbocycles. The zero-order valence-corrected chi connectivity index (χ0v) is 10.2. The Morgan fingerprint density at radius 3 is 3.00 bits per heavy atom. The van der Waals surface area contributed by atoms with E-state index in [2.05, 4.69) is 5.32 Å². The highest BCUT2D eigenvalue weighted by molar-refractivity contribution is 5.88. The van der Waals surface area contributed by atoms with E-state index in [1.165, 1.54) is 6.92 Å². The van der Waals surface area contributed by atoms with E-state index < -0.39 is 90.9 Å². The second-order valence-electron chi connectivity index (χ2n) is 3.82. The molecule has 19 heavy (non-hydrogen) atoms. The largest absolute Gasteiger partial charge is 0.490 e. The molecule has 0 saturated heterocycles. The molecule has 2 atom stereocenters. The van der Waals surface area contributed by atoms with E-state index in [4.69, 9.17) is 21.2 Å². The number of ether oxygens (including phenoxy) is 1. The summed E-state index contributed by atoms with van der Waals surface area (Å²) in [5, 5.41) is 11.8. The van der Waals surface area contributed by atoms with Gasteiger partial charge < -0.3 is 15.2 Å². The van der Waals surface area contributed by atoms with Gasteiger partial charge in [-0.25, -0.2) is 0 Å². The molecule has 0 radical (unpaired) electrons. The molecule has 0 aliphatic heterocycles. The van der Waals surface area contributed by atoms with Crippen LogP contribution in [0.1, 0.15) is 30.2 Å². The Balaban J connectivity index is 2.56. The predicted molar refractivity (Wildman–Crippen MR) is 78.6 cm³/mol. The quantitative estimate of drug-likeness (QED) is 0.848. The lowest BCUT2D eigenvalue weighted by atomic mass is 10.1. The molecule has 0 aliphatic rings. The van der Waals surface area contributed by atoms with E-state index in [1.54, 1.807) is 0 Å². The molecule has 3 heteroatoms. The van der Waals surface area contributed by atoms with Crippen molar-refractivity contribution >= 4 is 10.8 Å². The zero-order chi connectivity index (χ0) is 24.0.